The first-order valence-electron chi connectivity index (χ1n) is 6.09. The molecule has 1 aromatic rings. The summed E-state index contributed by atoms with van der Waals surface area (Å²) in [5.41, 5.74) is 7.74. The molecule has 1 atom stereocenters. The van der Waals surface area contributed by atoms with Crippen molar-refractivity contribution in [1.29, 1.82) is 0 Å². The first-order valence-corrected chi connectivity index (χ1v) is 6.09. The number of hydrogen-bond donors (Lipinski definition) is 2. The molecule has 4 heteroatoms. The molecular weight excluding hydrogens is 248 g/mol. The highest BCUT2D eigenvalue weighted by Crippen LogP contribution is 2.23. The van der Waals surface area contributed by atoms with E-state index in [9.17, 15) is 4.79 Å². The van der Waals surface area contributed by atoms with Crippen LogP contribution in [0.3, 0.4) is 0 Å². The molecular formula is C14H23ClN2O. The molecule has 3 nitrogen and oxygen atoms in total. The van der Waals surface area contributed by atoms with Crippen LogP contribution in [-0.2, 0) is 4.79 Å². The van der Waals surface area contributed by atoms with Crippen LogP contribution < -0.4 is 11.1 Å². The van der Waals surface area contributed by atoms with Crippen molar-refractivity contribution >= 4 is 18.3 Å². The molecule has 0 saturated carbocycles. The number of amides is 1. The van der Waals surface area contributed by atoms with Gasteiger partial charge in [-0.15, -0.1) is 12.4 Å². The predicted octanol–water partition coefficient (Wildman–Crippen LogP) is 2.58. The predicted molar refractivity (Wildman–Crippen MR) is 77.8 cm³/mol. The molecule has 0 aliphatic heterocycles. The Kier molecular flexibility index (Phi) is 7.64. The van der Waals surface area contributed by atoms with Gasteiger partial charge >= 0.3 is 0 Å². The van der Waals surface area contributed by atoms with Crippen molar-refractivity contribution in [2.45, 2.75) is 33.2 Å². The minimum absolute atomic E-state index is 0. The highest BCUT2D eigenvalue weighted by molar-refractivity contribution is 5.85. The first-order chi connectivity index (χ1) is 8.04. The smallest absolute Gasteiger partial charge is 0.234 e. The summed E-state index contributed by atoms with van der Waals surface area (Å²) in [5, 5.41) is 2.99. The number of carbonyl (C=O) groups is 1. The number of benzene rings is 1. The second-order valence-corrected chi connectivity index (χ2v) is 4.81. The van der Waals surface area contributed by atoms with Crippen LogP contribution in [0, 0.1) is 12.8 Å². The molecule has 0 aliphatic rings. The van der Waals surface area contributed by atoms with Crippen LogP contribution in [0.25, 0.3) is 0 Å². The minimum atomic E-state index is -0.0982. The first kappa shape index (κ1) is 16.9. The average molecular weight is 271 g/mol. The van der Waals surface area contributed by atoms with Crippen molar-refractivity contribution in [3.05, 3.63) is 35.4 Å². The summed E-state index contributed by atoms with van der Waals surface area (Å²) in [5.74, 6) is 0.427. The van der Waals surface area contributed by atoms with Crippen LogP contribution >= 0.6 is 12.4 Å². The third-order valence-corrected chi connectivity index (χ3v) is 2.79. The monoisotopic (exact) mass is 270 g/mol. The Morgan fingerprint density at radius 3 is 2.44 bits per heavy atom. The van der Waals surface area contributed by atoms with Gasteiger partial charge in [0.15, 0.2) is 0 Å². The number of aryl methyl sites for hydroxylation is 1. The number of nitrogens with one attached hydrogen (secondary N) is 1. The Labute approximate surface area is 116 Å². The molecule has 1 aromatic carbocycles. The average Bonchev–Trinajstić information content (AvgIpc) is 2.28. The van der Waals surface area contributed by atoms with Crippen LogP contribution in [0.15, 0.2) is 24.3 Å². The van der Waals surface area contributed by atoms with E-state index >= 15 is 0 Å². The van der Waals surface area contributed by atoms with Gasteiger partial charge in [-0.1, -0.05) is 38.1 Å². The van der Waals surface area contributed by atoms with Gasteiger partial charge in [-0.3, -0.25) is 4.79 Å². The molecule has 0 bridgehead atoms. The van der Waals surface area contributed by atoms with Crippen molar-refractivity contribution in [3.8, 4) is 0 Å². The van der Waals surface area contributed by atoms with Crippen molar-refractivity contribution in [2.24, 2.45) is 11.7 Å². The zero-order valence-electron chi connectivity index (χ0n) is 11.3. The minimum Gasteiger partial charge on any atom is -0.348 e. The third-order valence-electron chi connectivity index (χ3n) is 2.79. The van der Waals surface area contributed by atoms with Crippen molar-refractivity contribution in [1.82, 2.24) is 5.32 Å². The SMILES string of the molecule is Cc1ccccc1C(CC(C)C)NC(=O)CN.Cl. The topological polar surface area (TPSA) is 55.1 Å². The normalized spacial score (nSPS) is 11.8. The van der Waals surface area contributed by atoms with Gasteiger partial charge in [0.25, 0.3) is 0 Å². The fraction of sp³-hybridized carbons (Fsp3) is 0.500. The van der Waals surface area contributed by atoms with Gasteiger partial charge in [0.2, 0.25) is 5.91 Å². The molecule has 0 aromatic heterocycles. The summed E-state index contributed by atoms with van der Waals surface area (Å²) in [6, 6.07) is 8.21. The van der Waals surface area contributed by atoms with Gasteiger partial charge in [0.05, 0.1) is 12.6 Å². The summed E-state index contributed by atoms with van der Waals surface area (Å²) in [6.07, 6.45) is 0.927. The van der Waals surface area contributed by atoms with Crippen LogP contribution in [0.4, 0.5) is 0 Å². The Morgan fingerprint density at radius 1 is 1.33 bits per heavy atom. The highest BCUT2D eigenvalue weighted by atomic mass is 35.5. The maximum Gasteiger partial charge on any atom is 0.234 e. The van der Waals surface area contributed by atoms with Crippen LogP contribution in [-0.4, -0.2) is 12.5 Å². The Balaban J connectivity index is 0.00000289. The summed E-state index contributed by atoms with van der Waals surface area (Å²) in [4.78, 5) is 11.5. The Hall–Kier alpha value is -1.06. The molecule has 3 N–H and O–H groups in total. The Bertz CT molecular complexity index is 380. The molecule has 18 heavy (non-hydrogen) atoms. The molecule has 0 radical (unpaired) electrons. The third kappa shape index (κ3) is 5.07. The summed E-state index contributed by atoms with van der Waals surface area (Å²) in [6.45, 7) is 6.41. The number of hydrogen-bond acceptors (Lipinski definition) is 2. The van der Waals surface area contributed by atoms with E-state index in [0.717, 1.165) is 6.42 Å². The van der Waals surface area contributed by atoms with E-state index in [0.29, 0.717) is 5.92 Å². The largest absolute Gasteiger partial charge is 0.348 e. The molecule has 0 heterocycles. The molecule has 1 unspecified atom stereocenters. The second kappa shape index (κ2) is 8.11. The van der Waals surface area contributed by atoms with E-state index in [4.69, 9.17) is 5.73 Å². The fourth-order valence-corrected chi connectivity index (χ4v) is 1.97. The number of nitrogens with two attached hydrogens (primary N) is 1. The van der Waals surface area contributed by atoms with Gasteiger partial charge in [0.1, 0.15) is 0 Å². The van der Waals surface area contributed by atoms with E-state index in [2.05, 4.69) is 38.2 Å². The van der Waals surface area contributed by atoms with Crippen LogP contribution in [0.5, 0.6) is 0 Å². The van der Waals surface area contributed by atoms with Gasteiger partial charge in [-0.25, -0.2) is 0 Å². The lowest BCUT2D eigenvalue weighted by molar-refractivity contribution is -0.120. The number of halogens is 1. The van der Waals surface area contributed by atoms with Gasteiger partial charge in [0, 0.05) is 0 Å². The van der Waals surface area contributed by atoms with Gasteiger partial charge in [-0.05, 0) is 30.4 Å². The van der Waals surface area contributed by atoms with Crippen molar-refractivity contribution in [3.63, 3.8) is 0 Å². The van der Waals surface area contributed by atoms with Gasteiger partial charge < -0.3 is 11.1 Å². The molecule has 0 spiro atoms. The lowest BCUT2D eigenvalue weighted by atomic mass is 9.94. The van der Waals surface area contributed by atoms with Gasteiger partial charge in [-0.2, -0.15) is 0 Å². The number of rotatable bonds is 5. The van der Waals surface area contributed by atoms with Crippen LogP contribution in [0.1, 0.15) is 37.4 Å². The standard InChI is InChI=1S/C14H22N2O.ClH/c1-10(2)8-13(16-14(17)9-15)12-7-5-4-6-11(12)3;/h4-7,10,13H,8-9,15H2,1-3H3,(H,16,17);1H. The quantitative estimate of drug-likeness (QED) is 0.864. The van der Waals surface area contributed by atoms with E-state index in [-0.39, 0.29) is 30.9 Å². The molecule has 0 fully saturated rings. The summed E-state index contributed by atoms with van der Waals surface area (Å²) < 4.78 is 0. The lowest BCUT2D eigenvalue weighted by Crippen LogP contribution is -2.34. The van der Waals surface area contributed by atoms with Crippen molar-refractivity contribution < 1.29 is 4.79 Å². The van der Waals surface area contributed by atoms with Crippen molar-refractivity contribution in [2.75, 3.05) is 6.54 Å². The Morgan fingerprint density at radius 2 is 1.94 bits per heavy atom. The molecule has 1 rings (SSSR count). The highest BCUT2D eigenvalue weighted by Gasteiger charge is 2.16. The lowest BCUT2D eigenvalue weighted by Gasteiger charge is -2.22. The van der Waals surface area contributed by atoms with E-state index < -0.39 is 0 Å². The maximum atomic E-state index is 11.5. The van der Waals surface area contributed by atoms with E-state index in [1.165, 1.54) is 11.1 Å². The number of carbonyl (C=O) groups excluding carboxylic acids is 1. The van der Waals surface area contributed by atoms with Crippen LogP contribution in [0.2, 0.25) is 0 Å². The van der Waals surface area contributed by atoms with E-state index in [1.54, 1.807) is 0 Å². The molecule has 0 aliphatic carbocycles. The molecule has 1 amide bonds. The zero-order chi connectivity index (χ0) is 12.8. The second-order valence-electron chi connectivity index (χ2n) is 4.81. The maximum absolute atomic E-state index is 11.5. The molecule has 0 saturated heterocycles. The fourth-order valence-electron chi connectivity index (χ4n) is 1.97. The summed E-state index contributed by atoms with van der Waals surface area (Å²) in [7, 11) is 0. The zero-order valence-corrected chi connectivity index (χ0v) is 12.1. The molecule has 102 valence electrons. The summed E-state index contributed by atoms with van der Waals surface area (Å²) >= 11 is 0. The van der Waals surface area contributed by atoms with E-state index in [1.807, 2.05) is 12.1 Å².